The number of nitrogens with zero attached hydrogens (tertiary/aromatic N) is 2. The number of aryl methyl sites for hydroxylation is 1. The fourth-order valence-electron chi connectivity index (χ4n) is 6.78. The van der Waals surface area contributed by atoms with Gasteiger partial charge in [0.25, 0.3) is 5.91 Å². The number of alkyl halides is 1. The van der Waals surface area contributed by atoms with Crippen LogP contribution in [-0.4, -0.2) is 55.4 Å². The summed E-state index contributed by atoms with van der Waals surface area (Å²) in [4.78, 5) is 28.7. The molecule has 7 atom stereocenters. The maximum absolute atomic E-state index is 16.5. The number of allylic oxidation sites excluding steroid dienone is 4. The van der Waals surface area contributed by atoms with Crippen LogP contribution in [-0.2, 0) is 16.1 Å². The average Bonchev–Trinajstić information content (AvgIpc) is 3.40. The zero-order chi connectivity index (χ0) is 22.5. The number of imidazole rings is 1. The minimum atomic E-state index is -1.87. The molecule has 172 valence electrons. The predicted octanol–water partition coefficient (Wildman–Crippen LogP) is 1.71. The SMILES string of the molecule is O=C1C=CC2C(=C1)CCC1C3CCC(O)(C(=O)NCCCn4ccnc4)C3CC(O)C21F. The van der Waals surface area contributed by atoms with E-state index in [0.29, 0.717) is 38.8 Å². The van der Waals surface area contributed by atoms with Crippen LogP contribution in [0.4, 0.5) is 4.39 Å². The second-order valence-corrected chi connectivity index (χ2v) is 9.83. The van der Waals surface area contributed by atoms with E-state index in [2.05, 4.69) is 10.3 Å². The maximum atomic E-state index is 16.5. The lowest BCUT2D eigenvalue weighted by molar-refractivity contribution is -0.174. The van der Waals surface area contributed by atoms with Crippen molar-refractivity contribution in [2.24, 2.45) is 23.7 Å². The second-order valence-electron chi connectivity index (χ2n) is 9.83. The number of carbonyl (C=O) groups excluding carboxylic acids is 2. The van der Waals surface area contributed by atoms with E-state index in [9.17, 15) is 19.8 Å². The molecule has 0 spiro atoms. The van der Waals surface area contributed by atoms with E-state index in [1.54, 1.807) is 18.6 Å². The Labute approximate surface area is 186 Å². The van der Waals surface area contributed by atoms with Crippen molar-refractivity contribution in [3.05, 3.63) is 42.5 Å². The molecule has 1 aromatic rings. The van der Waals surface area contributed by atoms with Crippen molar-refractivity contribution in [2.45, 2.75) is 62.4 Å². The number of ketones is 1. The molecular formula is C24H30FN3O4. The Morgan fingerprint density at radius 3 is 2.97 bits per heavy atom. The molecule has 8 heteroatoms. The summed E-state index contributed by atoms with van der Waals surface area (Å²) in [5.74, 6) is -2.26. The molecule has 1 heterocycles. The van der Waals surface area contributed by atoms with E-state index in [1.165, 1.54) is 12.2 Å². The van der Waals surface area contributed by atoms with Crippen molar-refractivity contribution in [2.75, 3.05) is 6.54 Å². The highest BCUT2D eigenvalue weighted by atomic mass is 19.1. The monoisotopic (exact) mass is 443 g/mol. The van der Waals surface area contributed by atoms with Crippen molar-refractivity contribution in [3.8, 4) is 0 Å². The molecule has 5 rings (SSSR count). The fourth-order valence-corrected chi connectivity index (χ4v) is 6.78. The number of hydrogen-bond acceptors (Lipinski definition) is 5. The van der Waals surface area contributed by atoms with Crippen LogP contribution >= 0.6 is 0 Å². The molecule has 0 bridgehead atoms. The molecular weight excluding hydrogens is 413 g/mol. The van der Waals surface area contributed by atoms with E-state index in [4.69, 9.17) is 0 Å². The normalized spacial score (nSPS) is 40.3. The molecule has 3 N–H and O–H groups in total. The van der Waals surface area contributed by atoms with Crippen LogP contribution in [0.1, 0.15) is 38.5 Å². The highest BCUT2D eigenvalue weighted by Gasteiger charge is 2.66. The quantitative estimate of drug-likeness (QED) is 0.601. The zero-order valence-electron chi connectivity index (χ0n) is 18.0. The van der Waals surface area contributed by atoms with Gasteiger partial charge in [-0.2, -0.15) is 0 Å². The van der Waals surface area contributed by atoms with Crippen molar-refractivity contribution in [1.29, 1.82) is 0 Å². The van der Waals surface area contributed by atoms with Crippen molar-refractivity contribution >= 4 is 11.7 Å². The van der Waals surface area contributed by atoms with Crippen LogP contribution in [0.3, 0.4) is 0 Å². The first-order valence-corrected chi connectivity index (χ1v) is 11.6. The lowest BCUT2D eigenvalue weighted by Crippen LogP contribution is -2.63. The third-order valence-corrected chi connectivity index (χ3v) is 8.29. The van der Waals surface area contributed by atoms with Gasteiger partial charge >= 0.3 is 0 Å². The first kappa shape index (κ1) is 21.5. The first-order valence-electron chi connectivity index (χ1n) is 11.6. The van der Waals surface area contributed by atoms with Gasteiger partial charge in [-0.15, -0.1) is 0 Å². The Kier molecular flexibility index (Phi) is 5.33. The molecule has 0 aromatic carbocycles. The van der Waals surface area contributed by atoms with E-state index in [-0.39, 0.29) is 24.5 Å². The predicted molar refractivity (Wildman–Crippen MR) is 114 cm³/mol. The largest absolute Gasteiger partial charge is 0.390 e. The van der Waals surface area contributed by atoms with Gasteiger partial charge in [0.15, 0.2) is 5.78 Å². The van der Waals surface area contributed by atoms with Crippen molar-refractivity contribution in [1.82, 2.24) is 14.9 Å². The fraction of sp³-hybridized carbons (Fsp3) is 0.625. The van der Waals surface area contributed by atoms with E-state index < -0.39 is 41.0 Å². The summed E-state index contributed by atoms with van der Waals surface area (Å²) in [6, 6.07) is 0. The number of nitrogens with one attached hydrogen (secondary N) is 1. The van der Waals surface area contributed by atoms with Gasteiger partial charge in [0.05, 0.1) is 12.4 Å². The lowest BCUT2D eigenvalue weighted by Gasteiger charge is -2.55. The Morgan fingerprint density at radius 2 is 2.19 bits per heavy atom. The average molecular weight is 444 g/mol. The van der Waals surface area contributed by atoms with Crippen molar-refractivity contribution < 1.29 is 24.2 Å². The number of halogens is 1. The van der Waals surface area contributed by atoms with Crippen LogP contribution in [0.2, 0.25) is 0 Å². The van der Waals surface area contributed by atoms with Gasteiger partial charge in [-0.25, -0.2) is 9.37 Å². The zero-order valence-corrected chi connectivity index (χ0v) is 18.0. The van der Waals surface area contributed by atoms with Crippen molar-refractivity contribution in [3.63, 3.8) is 0 Å². The molecule has 32 heavy (non-hydrogen) atoms. The van der Waals surface area contributed by atoms with E-state index in [1.807, 2.05) is 10.8 Å². The molecule has 1 amide bonds. The number of aliphatic hydroxyl groups excluding tert-OH is 1. The minimum Gasteiger partial charge on any atom is -0.390 e. The van der Waals surface area contributed by atoms with E-state index in [0.717, 1.165) is 5.57 Å². The third kappa shape index (κ3) is 3.27. The van der Waals surface area contributed by atoms with Gasteiger partial charge in [-0.3, -0.25) is 9.59 Å². The molecule has 4 aliphatic carbocycles. The van der Waals surface area contributed by atoms with Gasteiger partial charge < -0.3 is 20.1 Å². The number of fused-ring (bicyclic) bond motifs is 5. The van der Waals surface area contributed by atoms with Crippen LogP contribution in [0.5, 0.6) is 0 Å². The Hall–Kier alpha value is -2.32. The number of carbonyl (C=O) groups is 2. The summed E-state index contributed by atoms with van der Waals surface area (Å²) in [6.07, 6.45) is 11.2. The molecule has 4 aliphatic rings. The summed E-state index contributed by atoms with van der Waals surface area (Å²) in [5.41, 5.74) is -2.71. The lowest BCUT2D eigenvalue weighted by atomic mass is 9.53. The third-order valence-electron chi connectivity index (χ3n) is 8.29. The topological polar surface area (TPSA) is 104 Å². The summed E-state index contributed by atoms with van der Waals surface area (Å²) < 4.78 is 18.4. The summed E-state index contributed by atoms with van der Waals surface area (Å²) in [6.45, 7) is 1.13. The number of aromatic nitrogens is 2. The molecule has 0 saturated heterocycles. The Balaban J connectivity index is 1.29. The summed E-state index contributed by atoms with van der Waals surface area (Å²) in [7, 11) is 0. The number of hydrogen-bond donors (Lipinski definition) is 3. The number of amides is 1. The highest BCUT2D eigenvalue weighted by molar-refractivity contribution is 6.01. The molecule has 7 unspecified atom stereocenters. The second kappa shape index (κ2) is 7.92. The Morgan fingerprint density at radius 1 is 1.34 bits per heavy atom. The van der Waals surface area contributed by atoms with Crippen LogP contribution in [0.25, 0.3) is 0 Å². The molecule has 1 aromatic heterocycles. The maximum Gasteiger partial charge on any atom is 0.252 e. The van der Waals surface area contributed by atoms with Gasteiger partial charge in [0.1, 0.15) is 11.3 Å². The molecule has 3 saturated carbocycles. The Bertz CT molecular complexity index is 960. The standard InChI is InChI=1S/C24H30FN3O4/c25-24-18-5-3-16(29)12-15(18)2-4-19(24)17-6-7-23(32,20(17)13-21(24)30)22(31)27-8-1-10-28-11-9-26-14-28/h3,5,9,11-12,14,17-21,30,32H,1-2,4,6-8,10,13H2,(H,27,31). The van der Waals surface area contributed by atoms with Crippen LogP contribution in [0, 0.1) is 23.7 Å². The molecule has 0 radical (unpaired) electrons. The van der Waals surface area contributed by atoms with Gasteiger partial charge in [0, 0.05) is 37.3 Å². The molecule has 0 aliphatic heterocycles. The highest BCUT2D eigenvalue weighted by Crippen LogP contribution is 2.61. The molecule has 7 nitrogen and oxygen atoms in total. The van der Waals surface area contributed by atoms with Crippen LogP contribution < -0.4 is 5.32 Å². The number of aliphatic hydroxyl groups is 2. The van der Waals surface area contributed by atoms with E-state index >= 15 is 4.39 Å². The van der Waals surface area contributed by atoms with Gasteiger partial charge in [0.2, 0.25) is 0 Å². The smallest absolute Gasteiger partial charge is 0.252 e. The summed E-state index contributed by atoms with van der Waals surface area (Å²) >= 11 is 0. The minimum absolute atomic E-state index is 0.0438. The molecule has 3 fully saturated rings. The number of rotatable bonds is 5. The first-order chi connectivity index (χ1) is 15.3. The van der Waals surface area contributed by atoms with Gasteiger partial charge in [-0.05, 0) is 62.5 Å². The van der Waals surface area contributed by atoms with Gasteiger partial charge in [-0.1, -0.05) is 11.6 Å². The van der Waals surface area contributed by atoms with Crippen LogP contribution in [0.15, 0.2) is 42.5 Å². The summed E-state index contributed by atoms with van der Waals surface area (Å²) in [5, 5.41) is 25.2.